The molecule has 1 aliphatic carbocycles. The number of aliphatic imine (C=N–C) groups is 1. The van der Waals surface area contributed by atoms with Gasteiger partial charge >= 0.3 is 0 Å². The molecule has 0 aromatic heterocycles. The molecule has 2 aromatic carbocycles. The van der Waals surface area contributed by atoms with Gasteiger partial charge in [0, 0.05) is 24.8 Å². The fraction of sp³-hybridized carbons (Fsp3) is 0.381. The number of benzene rings is 2. The molecule has 2 N–H and O–H groups in total. The Labute approximate surface area is 178 Å². The van der Waals surface area contributed by atoms with Crippen LogP contribution in [0.4, 0.5) is 5.69 Å². The average Bonchev–Trinajstić information content (AvgIpc) is 3.46. The Morgan fingerprint density at radius 3 is 2.48 bits per heavy atom. The molecule has 1 aliphatic rings. The second kappa shape index (κ2) is 10.4. The smallest absolute Gasteiger partial charge is 0.195 e. The van der Waals surface area contributed by atoms with Crippen molar-refractivity contribution in [1.29, 1.82) is 0 Å². The van der Waals surface area contributed by atoms with Crippen molar-refractivity contribution in [3.63, 3.8) is 0 Å². The summed E-state index contributed by atoms with van der Waals surface area (Å²) in [4.78, 5) is 4.77. The lowest BCUT2D eigenvalue weighted by Gasteiger charge is -2.13. The van der Waals surface area contributed by atoms with Crippen molar-refractivity contribution < 1.29 is 9.47 Å². The summed E-state index contributed by atoms with van der Waals surface area (Å²) in [5, 5.41) is 6.65. The molecule has 0 heterocycles. The van der Waals surface area contributed by atoms with Crippen molar-refractivity contribution in [2.45, 2.75) is 19.3 Å². The van der Waals surface area contributed by atoms with Crippen LogP contribution in [0.25, 0.3) is 0 Å². The van der Waals surface area contributed by atoms with E-state index in [1.807, 2.05) is 18.2 Å². The average molecular weight is 481 g/mol. The highest BCUT2D eigenvalue weighted by Crippen LogP contribution is 2.47. The summed E-state index contributed by atoms with van der Waals surface area (Å²) >= 11 is 0. The van der Waals surface area contributed by atoms with Gasteiger partial charge in [-0.3, -0.25) is 4.99 Å². The first kappa shape index (κ1) is 21.3. The molecule has 0 aliphatic heterocycles. The number of methoxy groups -OCH3 is 2. The van der Waals surface area contributed by atoms with Crippen LogP contribution in [0, 0.1) is 5.92 Å². The minimum absolute atomic E-state index is 0. The highest BCUT2D eigenvalue weighted by Gasteiger charge is 2.37. The molecule has 2 unspecified atom stereocenters. The molecule has 1 saturated carbocycles. The van der Waals surface area contributed by atoms with Crippen LogP contribution in [-0.2, 0) is 0 Å². The number of rotatable bonds is 7. The lowest BCUT2D eigenvalue weighted by molar-refractivity contribution is 0.355. The highest BCUT2D eigenvalue weighted by atomic mass is 127. The zero-order valence-corrected chi connectivity index (χ0v) is 18.4. The maximum Gasteiger partial charge on any atom is 0.195 e. The predicted octanol–water partition coefficient (Wildman–Crippen LogP) is 4.50. The minimum atomic E-state index is 0. The van der Waals surface area contributed by atoms with E-state index in [0.29, 0.717) is 23.3 Å². The molecule has 1 fully saturated rings. The maximum absolute atomic E-state index is 5.36. The summed E-state index contributed by atoms with van der Waals surface area (Å²) in [6.07, 6.45) is 1.21. The second-order valence-electron chi connectivity index (χ2n) is 6.43. The van der Waals surface area contributed by atoms with Crippen molar-refractivity contribution in [2.24, 2.45) is 10.9 Å². The van der Waals surface area contributed by atoms with Crippen LogP contribution < -0.4 is 20.1 Å². The van der Waals surface area contributed by atoms with Gasteiger partial charge in [-0.1, -0.05) is 30.3 Å². The number of hydrogen-bond donors (Lipinski definition) is 2. The van der Waals surface area contributed by atoms with Gasteiger partial charge in [0.25, 0.3) is 0 Å². The van der Waals surface area contributed by atoms with Crippen molar-refractivity contribution in [2.75, 3.05) is 32.6 Å². The number of anilines is 1. The molecular weight excluding hydrogens is 453 g/mol. The first-order valence-corrected chi connectivity index (χ1v) is 9.07. The summed E-state index contributed by atoms with van der Waals surface area (Å²) in [6.45, 7) is 3.70. The largest absolute Gasteiger partial charge is 0.493 e. The van der Waals surface area contributed by atoms with Crippen molar-refractivity contribution in [1.82, 2.24) is 5.32 Å². The number of nitrogens with zero attached hydrogens (tertiary/aromatic N) is 1. The lowest BCUT2D eigenvalue weighted by Crippen LogP contribution is -2.31. The zero-order valence-electron chi connectivity index (χ0n) is 16.1. The van der Waals surface area contributed by atoms with Gasteiger partial charge < -0.3 is 20.1 Å². The van der Waals surface area contributed by atoms with E-state index in [4.69, 9.17) is 14.5 Å². The van der Waals surface area contributed by atoms with E-state index < -0.39 is 0 Å². The molecule has 0 radical (unpaired) electrons. The van der Waals surface area contributed by atoms with E-state index >= 15 is 0 Å². The summed E-state index contributed by atoms with van der Waals surface area (Å²) in [5.74, 6) is 3.46. The molecule has 6 heteroatoms. The van der Waals surface area contributed by atoms with Crippen LogP contribution in [0.2, 0.25) is 0 Å². The number of halogens is 1. The number of ether oxygens (including phenoxy) is 2. The quantitative estimate of drug-likeness (QED) is 0.348. The van der Waals surface area contributed by atoms with Crippen LogP contribution in [-0.4, -0.2) is 33.3 Å². The van der Waals surface area contributed by atoms with Crippen LogP contribution >= 0.6 is 24.0 Å². The number of hydrogen-bond acceptors (Lipinski definition) is 3. The van der Waals surface area contributed by atoms with Gasteiger partial charge in [-0.2, -0.15) is 0 Å². The topological polar surface area (TPSA) is 54.9 Å². The molecule has 3 rings (SSSR count). The van der Waals surface area contributed by atoms with Crippen LogP contribution in [0.5, 0.6) is 11.5 Å². The van der Waals surface area contributed by atoms with Crippen molar-refractivity contribution >= 4 is 35.6 Å². The summed E-state index contributed by atoms with van der Waals surface area (Å²) in [7, 11) is 3.27. The summed E-state index contributed by atoms with van der Waals surface area (Å²) < 4.78 is 10.7. The third-order valence-corrected chi connectivity index (χ3v) is 4.62. The van der Waals surface area contributed by atoms with E-state index in [-0.39, 0.29) is 24.0 Å². The Kier molecular flexibility index (Phi) is 8.22. The maximum atomic E-state index is 5.36. The van der Waals surface area contributed by atoms with E-state index in [2.05, 4.69) is 47.9 Å². The highest BCUT2D eigenvalue weighted by molar-refractivity contribution is 14.0. The van der Waals surface area contributed by atoms with E-state index in [9.17, 15) is 0 Å². The first-order valence-electron chi connectivity index (χ1n) is 9.07. The standard InChI is InChI=1S/C21H27N3O2.HI/c1-4-22-21(24-17-10-11-19(25-2)20(13-17)26-3)23-14-16-12-18(16)15-8-6-5-7-9-15;/h5-11,13,16,18H,4,12,14H2,1-3H3,(H2,22,23,24);1H. The summed E-state index contributed by atoms with van der Waals surface area (Å²) in [5.41, 5.74) is 2.34. The van der Waals surface area contributed by atoms with Crippen molar-refractivity contribution in [3.8, 4) is 11.5 Å². The van der Waals surface area contributed by atoms with Crippen LogP contribution in [0.3, 0.4) is 0 Å². The van der Waals surface area contributed by atoms with E-state index in [1.165, 1.54) is 12.0 Å². The molecule has 5 nitrogen and oxygen atoms in total. The van der Waals surface area contributed by atoms with Gasteiger partial charge in [0.15, 0.2) is 17.5 Å². The first-order chi connectivity index (χ1) is 12.7. The molecular formula is C21H28IN3O2. The Bertz CT molecular complexity index is 752. The monoisotopic (exact) mass is 481 g/mol. The number of nitrogens with one attached hydrogen (secondary N) is 2. The SMILES string of the molecule is CCNC(=NCC1CC1c1ccccc1)Nc1ccc(OC)c(OC)c1.I. The van der Waals surface area contributed by atoms with Crippen LogP contribution in [0.15, 0.2) is 53.5 Å². The lowest BCUT2D eigenvalue weighted by atomic mass is 10.1. The minimum Gasteiger partial charge on any atom is -0.493 e. The normalized spacial score (nSPS) is 18.3. The van der Waals surface area contributed by atoms with Crippen LogP contribution in [0.1, 0.15) is 24.8 Å². The van der Waals surface area contributed by atoms with E-state index in [1.54, 1.807) is 14.2 Å². The number of guanidine groups is 1. The fourth-order valence-electron chi connectivity index (χ4n) is 3.12. The van der Waals surface area contributed by atoms with Gasteiger partial charge in [0.1, 0.15) is 0 Å². The third kappa shape index (κ3) is 5.76. The Morgan fingerprint density at radius 1 is 1.07 bits per heavy atom. The Hall–Kier alpha value is -1.96. The molecule has 0 amide bonds. The molecule has 146 valence electrons. The van der Waals surface area contributed by atoms with E-state index in [0.717, 1.165) is 24.7 Å². The zero-order chi connectivity index (χ0) is 18.4. The fourth-order valence-corrected chi connectivity index (χ4v) is 3.12. The van der Waals surface area contributed by atoms with Gasteiger partial charge in [-0.25, -0.2) is 0 Å². The van der Waals surface area contributed by atoms with Gasteiger partial charge in [-0.15, -0.1) is 24.0 Å². The van der Waals surface area contributed by atoms with Gasteiger partial charge in [0.2, 0.25) is 0 Å². The molecule has 2 aromatic rings. The summed E-state index contributed by atoms with van der Waals surface area (Å²) in [6, 6.07) is 16.5. The van der Waals surface area contributed by atoms with Gasteiger partial charge in [-0.05, 0) is 42.9 Å². The Morgan fingerprint density at radius 2 is 1.81 bits per heavy atom. The molecule has 27 heavy (non-hydrogen) atoms. The molecule has 2 atom stereocenters. The Balaban J connectivity index is 0.00000261. The third-order valence-electron chi connectivity index (χ3n) is 4.62. The van der Waals surface area contributed by atoms with Gasteiger partial charge in [0.05, 0.1) is 14.2 Å². The molecule has 0 saturated heterocycles. The second-order valence-corrected chi connectivity index (χ2v) is 6.43. The molecule has 0 bridgehead atoms. The van der Waals surface area contributed by atoms with Crippen molar-refractivity contribution in [3.05, 3.63) is 54.1 Å². The molecule has 0 spiro atoms. The predicted molar refractivity (Wildman–Crippen MR) is 122 cm³/mol.